The highest BCUT2D eigenvalue weighted by Gasteiger charge is 2.32. The van der Waals surface area contributed by atoms with E-state index in [1.54, 1.807) is 6.92 Å². The third-order valence-corrected chi connectivity index (χ3v) is 5.57. The first-order valence-corrected chi connectivity index (χ1v) is 9.21. The largest absolute Gasteiger partial charge is 0.310 e. The first kappa shape index (κ1) is 17.7. The van der Waals surface area contributed by atoms with Crippen LogP contribution in [0, 0.1) is 24.4 Å². The molecule has 0 saturated carbocycles. The van der Waals surface area contributed by atoms with Gasteiger partial charge in [-0.05, 0) is 49.4 Å². The van der Waals surface area contributed by atoms with Gasteiger partial charge in [0.25, 0.3) is 0 Å². The third-order valence-electron chi connectivity index (χ3n) is 4.32. The van der Waals surface area contributed by atoms with Gasteiger partial charge in [0.05, 0.1) is 22.4 Å². The number of amides is 1. The topological polar surface area (TPSA) is 46.9 Å². The van der Waals surface area contributed by atoms with E-state index in [9.17, 15) is 18.0 Å². The summed E-state index contributed by atoms with van der Waals surface area (Å²) >= 11 is 1.20. The van der Waals surface area contributed by atoms with Crippen LogP contribution >= 0.6 is 11.8 Å². The summed E-state index contributed by atoms with van der Waals surface area (Å²) in [6, 6.07) is 8.91. The summed E-state index contributed by atoms with van der Waals surface area (Å²) in [7, 11) is 0. The molecule has 1 aromatic heterocycles. The molecule has 1 amide bonds. The van der Waals surface area contributed by atoms with Crippen molar-refractivity contribution in [2.75, 3.05) is 11.1 Å². The Morgan fingerprint density at radius 3 is 2.56 bits per heavy atom. The molecule has 2 heterocycles. The van der Waals surface area contributed by atoms with Gasteiger partial charge in [-0.15, -0.1) is 11.8 Å². The molecule has 1 aliphatic heterocycles. The molecule has 27 heavy (non-hydrogen) atoms. The molecule has 0 saturated heterocycles. The number of fused-ring (bicyclic) bond motifs is 1. The van der Waals surface area contributed by atoms with Gasteiger partial charge in [0, 0.05) is 11.1 Å². The van der Waals surface area contributed by atoms with E-state index in [4.69, 9.17) is 0 Å². The van der Waals surface area contributed by atoms with Crippen molar-refractivity contribution in [3.05, 3.63) is 76.7 Å². The lowest BCUT2D eigenvalue weighted by Crippen LogP contribution is -2.15. The Morgan fingerprint density at radius 1 is 1.11 bits per heavy atom. The van der Waals surface area contributed by atoms with E-state index in [-0.39, 0.29) is 17.2 Å². The van der Waals surface area contributed by atoms with Crippen LogP contribution in [-0.2, 0) is 4.79 Å². The minimum Gasteiger partial charge on any atom is -0.310 e. The van der Waals surface area contributed by atoms with Crippen molar-refractivity contribution in [2.24, 2.45) is 0 Å². The minimum atomic E-state index is -0.608. The average Bonchev–Trinajstić information content (AvgIpc) is 2.84. The summed E-state index contributed by atoms with van der Waals surface area (Å²) in [5, 5.41) is 6.63. The summed E-state index contributed by atoms with van der Waals surface area (Å²) in [6.45, 7) is 1.74. The van der Waals surface area contributed by atoms with Crippen LogP contribution in [0.2, 0.25) is 0 Å². The number of thioether (sulfide) groups is 1. The van der Waals surface area contributed by atoms with E-state index in [2.05, 4.69) is 10.4 Å². The number of carbonyl (C=O) groups excluding carboxylic acids is 1. The second-order valence-corrected chi connectivity index (χ2v) is 7.23. The Labute approximate surface area is 157 Å². The molecular weight excluding hydrogens is 375 g/mol. The molecule has 0 bridgehead atoms. The summed E-state index contributed by atoms with van der Waals surface area (Å²) in [5.41, 5.74) is 1.86. The van der Waals surface area contributed by atoms with Crippen molar-refractivity contribution < 1.29 is 18.0 Å². The molecule has 0 fully saturated rings. The normalized spacial score (nSPS) is 16.6. The van der Waals surface area contributed by atoms with Crippen LogP contribution in [0.3, 0.4) is 0 Å². The Hall–Kier alpha value is -2.74. The van der Waals surface area contributed by atoms with Gasteiger partial charge in [-0.2, -0.15) is 5.10 Å². The van der Waals surface area contributed by atoms with Crippen molar-refractivity contribution in [1.29, 1.82) is 0 Å². The van der Waals surface area contributed by atoms with Crippen molar-refractivity contribution in [3.63, 3.8) is 0 Å². The van der Waals surface area contributed by atoms with Crippen LogP contribution in [-0.4, -0.2) is 21.4 Å². The van der Waals surface area contributed by atoms with Crippen molar-refractivity contribution >= 4 is 23.5 Å². The fourth-order valence-electron chi connectivity index (χ4n) is 3.11. The van der Waals surface area contributed by atoms with Crippen molar-refractivity contribution in [3.8, 4) is 5.69 Å². The average molecular weight is 389 g/mol. The Kier molecular flexibility index (Phi) is 4.43. The van der Waals surface area contributed by atoms with Gasteiger partial charge in [-0.25, -0.2) is 17.9 Å². The van der Waals surface area contributed by atoms with Crippen molar-refractivity contribution in [1.82, 2.24) is 9.78 Å². The van der Waals surface area contributed by atoms with E-state index < -0.39 is 22.7 Å². The molecule has 0 aliphatic carbocycles. The Balaban J connectivity index is 1.91. The van der Waals surface area contributed by atoms with E-state index in [1.165, 1.54) is 40.7 Å². The summed E-state index contributed by atoms with van der Waals surface area (Å²) in [5.74, 6) is -1.32. The maximum atomic E-state index is 14.4. The maximum absolute atomic E-state index is 14.4. The van der Waals surface area contributed by atoms with Crippen LogP contribution in [0.5, 0.6) is 0 Å². The maximum Gasteiger partial charge on any atom is 0.235 e. The molecule has 0 spiro atoms. The first-order chi connectivity index (χ1) is 12.9. The predicted molar refractivity (Wildman–Crippen MR) is 97.5 cm³/mol. The number of rotatable bonds is 2. The summed E-state index contributed by atoms with van der Waals surface area (Å²) < 4.78 is 42.9. The lowest BCUT2D eigenvalue weighted by molar-refractivity contribution is -0.113. The quantitative estimate of drug-likeness (QED) is 0.708. The molecule has 3 aromatic rings. The highest BCUT2D eigenvalue weighted by atomic mass is 32.2. The van der Waals surface area contributed by atoms with Gasteiger partial charge < -0.3 is 5.32 Å². The molecule has 8 heteroatoms. The monoisotopic (exact) mass is 389 g/mol. The van der Waals surface area contributed by atoms with Gasteiger partial charge in [-0.1, -0.05) is 0 Å². The zero-order chi connectivity index (χ0) is 19.1. The number of aromatic nitrogens is 2. The zero-order valence-electron chi connectivity index (χ0n) is 14.2. The van der Waals surface area contributed by atoms with Gasteiger partial charge in [-0.3, -0.25) is 4.79 Å². The number of aryl methyl sites for hydroxylation is 1. The molecule has 4 nitrogen and oxygen atoms in total. The van der Waals surface area contributed by atoms with Gasteiger partial charge in [0.1, 0.15) is 23.3 Å². The summed E-state index contributed by atoms with van der Waals surface area (Å²) in [6.07, 6.45) is 0. The third kappa shape index (κ3) is 3.21. The lowest BCUT2D eigenvalue weighted by Gasteiger charge is -2.16. The summed E-state index contributed by atoms with van der Waals surface area (Å²) in [4.78, 5) is 12.2. The molecule has 1 aliphatic rings. The molecule has 1 atom stereocenters. The molecule has 0 radical (unpaired) electrons. The number of anilines is 1. The molecule has 2 aromatic carbocycles. The molecule has 138 valence electrons. The number of halogens is 3. The highest BCUT2D eigenvalue weighted by molar-refractivity contribution is 8.00. The first-order valence-electron chi connectivity index (χ1n) is 8.16. The van der Waals surface area contributed by atoms with Crippen LogP contribution in [0.25, 0.3) is 5.69 Å². The fourth-order valence-corrected chi connectivity index (χ4v) is 4.31. The number of benzene rings is 2. The Bertz CT molecular complexity index is 1030. The smallest absolute Gasteiger partial charge is 0.235 e. The second kappa shape index (κ2) is 6.77. The Morgan fingerprint density at radius 2 is 1.81 bits per heavy atom. The van der Waals surface area contributed by atoms with E-state index >= 15 is 0 Å². The molecule has 1 N–H and O–H groups in total. The highest BCUT2D eigenvalue weighted by Crippen LogP contribution is 2.44. The zero-order valence-corrected chi connectivity index (χ0v) is 15.0. The van der Waals surface area contributed by atoms with Crippen LogP contribution in [0.1, 0.15) is 22.1 Å². The second-order valence-electron chi connectivity index (χ2n) is 6.14. The van der Waals surface area contributed by atoms with Crippen LogP contribution in [0.15, 0.2) is 42.5 Å². The molecule has 4 rings (SSSR count). The number of hydrogen-bond acceptors (Lipinski definition) is 3. The standard InChI is InChI=1S/C19H14F3N3OS/c1-10-17-18(14-8-12(21)4-7-15(14)22)27-9-16(26)23-19(17)25(24-10)13-5-2-11(20)3-6-13/h2-8,18H,9H2,1H3,(H,23,26). The number of hydrogen-bond donors (Lipinski definition) is 1. The van der Waals surface area contributed by atoms with Crippen LogP contribution in [0.4, 0.5) is 19.0 Å². The van der Waals surface area contributed by atoms with E-state index in [0.29, 0.717) is 22.8 Å². The van der Waals surface area contributed by atoms with Gasteiger partial charge >= 0.3 is 0 Å². The SMILES string of the molecule is Cc1nn(-c2ccc(F)cc2)c2c1C(c1cc(F)ccc1F)SCC(=O)N2. The van der Waals surface area contributed by atoms with Crippen molar-refractivity contribution in [2.45, 2.75) is 12.2 Å². The van der Waals surface area contributed by atoms with E-state index in [1.807, 2.05) is 0 Å². The molecular formula is C19H14F3N3OS. The van der Waals surface area contributed by atoms with Gasteiger partial charge in [0.2, 0.25) is 5.91 Å². The fraction of sp³-hybridized carbons (Fsp3) is 0.158. The molecule has 1 unspecified atom stereocenters. The van der Waals surface area contributed by atoms with Gasteiger partial charge in [0.15, 0.2) is 0 Å². The van der Waals surface area contributed by atoms with Crippen LogP contribution < -0.4 is 5.32 Å². The predicted octanol–water partition coefficient (Wildman–Crippen LogP) is 4.37. The number of nitrogens with zero attached hydrogens (tertiary/aromatic N) is 2. The lowest BCUT2D eigenvalue weighted by atomic mass is 10.0. The van der Waals surface area contributed by atoms with E-state index in [0.717, 1.165) is 18.2 Å². The minimum absolute atomic E-state index is 0.0815. The number of carbonyl (C=O) groups is 1. The number of nitrogens with one attached hydrogen (secondary N) is 1.